The minimum Gasteiger partial charge on any atom is -0.496 e. The molecule has 1 N–H and O–H groups in total. The van der Waals surface area contributed by atoms with E-state index in [-0.39, 0.29) is 11.1 Å². The van der Waals surface area contributed by atoms with Crippen LogP contribution in [-0.4, -0.2) is 26.3 Å². The Labute approximate surface area is 203 Å². The molecule has 0 aliphatic rings. The van der Waals surface area contributed by atoms with Gasteiger partial charge in [0.05, 0.1) is 30.4 Å². The van der Waals surface area contributed by atoms with Crippen molar-refractivity contribution < 1.29 is 17.9 Å². The summed E-state index contributed by atoms with van der Waals surface area (Å²) in [5, 5.41) is 8.20. The maximum atomic E-state index is 14.8. The number of nitrogens with zero attached hydrogens (tertiary/aromatic N) is 4. The minimum atomic E-state index is -2.92. The summed E-state index contributed by atoms with van der Waals surface area (Å²) in [4.78, 5) is 16.6. The first kappa shape index (κ1) is 23.4. The molecule has 184 valence electrons. The van der Waals surface area contributed by atoms with Crippen molar-refractivity contribution in [3.05, 3.63) is 88.2 Å². The van der Waals surface area contributed by atoms with Gasteiger partial charge in [0.25, 0.3) is 6.43 Å². The molecule has 5 aromatic rings. The minimum absolute atomic E-state index is 0.0999. The highest BCUT2D eigenvalue weighted by Crippen LogP contribution is 2.37. The summed E-state index contributed by atoms with van der Waals surface area (Å²) in [5.41, 5.74) is 1.96. The molecule has 0 amide bonds. The molecule has 10 heteroatoms. The Hall–Kier alpha value is -4.34. The number of aryl methyl sites for hydroxylation is 1. The van der Waals surface area contributed by atoms with E-state index in [1.165, 1.54) is 22.8 Å². The van der Waals surface area contributed by atoms with E-state index in [0.717, 1.165) is 11.6 Å². The topological polar surface area (TPSA) is 73.4 Å². The van der Waals surface area contributed by atoms with Crippen molar-refractivity contribution in [3.8, 4) is 16.9 Å². The lowest BCUT2D eigenvalue weighted by molar-refractivity contribution is 0.146. The number of pyridine rings is 1. The summed E-state index contributed by atoms with van der Waals surface area (Å²) in [5.74, 6) is 0.0229. The van der Waals surface area contributed by atoms with E-state index in [1.54, 1.807) is 50.1 Å². The number of hydrogen-bond donors (Lipinski definition) is 1. The first-order valence-corrected chi connectivity index (χ1v) is 11.1. The Morgan fingerprint density at radius 3 is 2.58 bits per heavy atom. The third-order valence-corrected chi connectivity index (χ3v) is 6.16. The highest BCUT2D eigenvalue weighted by atomic mass is 19.3. The third kappa shape index (κ3) is 3.94. The lowest BCUT2D eigenvalue weighted by atomic mass is 10.0. The van der Waals surface area contributed by atoms with Gasteiger partial charge in [-0.25, -0.2) is 22.7 Å². The Morgan fingerprint density at radius 2 is 1.86 bits per heavy atom. The van der Waals surface area contributed by atoms with Crippen molar-refractivity contribution in [1.82, 2.24) is 19.2 Å². The summed E-state index contributed by atoms with van der Waals surface area (Å²) in [6.45, 7) is 1.68. The second kappa shape index (κ2) is 9.03. The molecular weight excluding hydrogens is 471 g/mol. The van der Waals surface area contributed by atoms with Crippen LogP contribution < -0.4 is 15.6 Å². The molecule has 7 nitrogen and oxygen atoms in total. The molecule has 3 heterocycles. The molecule has 0 saturated carbocycles. The van der Waals surface area contributed by atoms with Gasteiger partial charge >= 0.3 is 0 Å². The maximum absolute atomic E-state index is 14.8. The van der Waals surface area contributed by atoms with Crippen LogP contribution in [0.1, 0.15) is 30.5 Å². The molecule has 0 aliphatic heterocycles. The maximum Gasteiger partial charge on any atom is 0.266 e. The molecule has 2 aromatic carbocycles. The fourth-order valence-electron chi connectivity index (χ4n) is 4.29. The molecule has 0 bridgehead atoms. The van der Waals surface area contributed by atoms with Gasteiger partial charge in [-0.15, -0.1) is 0 Å². The van der Waals surface area contributed by atoms with Crippen molar-refractivity contribution in [1.29, 1.82) is 0 Å². The zero-order valence-electron chi connectivity index (χ0n) is 19.7. The van der Waals surface area contributed by atoms with Gasteiger partial charge in [0.1, 0.15) is 17.4 Å². The van der Waals surface area contributed by atoms with E-state index >= 15 is 0 Å². The van der Waals surface area contributed by atoms with Gasteiger partial charge in [0.2, 0.25) is 5.56 Å². The largest absolute Gasteiger partial charge is 0.496 e. The van der Waals surface area contributed by atoms with Crippen LogP contribution in [0.15, 0.2) is 65.7 Å². The second-order valence-corrected chi connectivity index (χ2v) is 8.42. The summed E-state index contributed by atoms with van der Waals surface area (Å²) in [7, 11) is 3.21. The average Bonchev–Trinajstić information content (AvgIpc) is 3.33. The fourth-order valence-corrected chi connectivity index (χ4v) is 4.29. The van der Waals surface area contributed by atoms with Crippen molar-refractivity contribution in [2.45, 2.75) is 19.4 Å². The van der Waals surface area contributed by atoms with Gasteiger partial charge < -0.3 is 14.6 Å². The Balaban J connectivity index is 1.69. The lowest BCUT2D eigenvalue weighted by Gasteiger charge is -2.20. The predicted octanol–water partition coefficient (Wildman–Crippen LogP) is 5.51. The van der Waals surface area contributed by atoms with Gasteiger partial charge in [0.15, 0.2) is 5.65 Å². The van der Waals surface area contributed by atoms with E-state index in [2.05, 4.69) is 15.4 Å². The fraction of sp³-hybridized carbons (Fsp3) is 0.192. The van der Waals surface area contributed by atoms with Gasteiger partial charge in [-0.3, -0.25) is 4.79 Å². The number of methoxy groups -OCH3 is 1. The van der Waals surface area contributed by atoms with Crippen LogP contribution in [0.25, 0.3) is 27.7 Å². The summed E-state index contributed by atoms with van der Waals surface area (Å²) >= 11 is 0. The molecule has 36 heavy (non-hydrogen) atoms. The number of benzene rings is 2. The van der Waals surface area contributed by atoms with Crippen LogP contribution in [0.5, 0.6) is 5.75 Å². The number of alkyl halides is 2. The normalized spacial score (nSPS) is 12.4. The van der Waals surface area contributed by atoms with Crippen LogP contribution in [0.4, 0.5) is 19.0 Å². The monoisotopic (exact) mass is 493 g/mol. The average molecular weight is 493 g/mol. The van der Waals surface area contributed by atoms with Gasteiger partial charge in [-0.05, 0) is 19.1 Å². The molecule has 1 unspecified atom stereocenters. The molecule has 3 aromatic heterocycles. The molecule has 0 fully saturated rings. The molecular formula is C26H22F3N5O2. The smallest absolute Gasteiger partial charge is 0.266 e. The van der Waals surface area contributed by atoms with Crippen LogP contribution in [0.3, 0.4) is 0 Å². The first-order valence-electron chi connectivity index (χ1n) is 11.1. The highest BCUT2D eigenvalue weighted by Gasteiger charge is 2.21. The van der Waals surface area contributed by atoms with Crippen LogP contribution in [-0.2, 0) is 7.05 Å². The van der Waals surface area contributed by atoms with E-state index in [9.17, 15) is 18.0 Å². The Kier molecular flexibility index (Phi) is 5.87. The second-order valence-electron chi connectivity index (χ2n) is 8.42. The number of halogens is 3. The Bertz CT molecular complexity index is 1660. The number of hydrogen-bond acceptors (Lipinski definition) is 5. The van der Waals surface area contributed by atoms with Crippen molar-refractivity contribution in [2.75, 3.05) is 12.4 Å². The first-order chi connectivity index (χ1) is 17.3. The van der Waals surface area contributed by atoms with Crippen molar-refractivity contribution in [2.24, 2.45) is 7.05 Å². The van der Waals surface area contributed by atoms with Gasteiger partial charge in [-0.1, -0.05) is 18.2 Å². The van der Waals surface area contributed by atoms with E-state index < -0.39 is 23.8 Å². The number of rotatable bonds is 6. The van der Waals surface area contributed by atoms with Crippen molar-refractivity contribution in [3.63, 3.8) is 0 Å². The van der Waals surface area contributed by atoms with Gasteiger partial charge in [-0.2, -0.15) is 5.10 Å². The quantitative estimate of drug-likeness (QED) is 0.338. The van der Waals surface area contributed by atoms with Gasteiger partial charge in [0, 0.05) is 53.5 Å². The summed E-state index contributed by atoms with van der Waals surface area (Å²) in [6.07, 6.45) is 0.386. The van der Waals surface area contributed by atoms with E-state index in [1.807, 2.05) is 12.1 Å². The zero-order chi connectivity index (χ0) is 25.6. The number of aromatic nitrogens is 4. The molecule has 0 radical (unpaired) electrons. The summed E-state index contributed by atoms with van der Waals surface area (Å²) < 4.78 is 50.1. The molecule has 0 spiro atoms. The molecule has 5 rings (SSSR count). The predicted molar refractivity (Wildman–Crippen MR) is 131 cm³/mol. The SMILES string of the molecule is COc1cc2c(cc1-c1ccc(=O)n(C)c1)c(NC(C)c1cccc(C(F)F)c1F)nc1ccnn12. The molecule has 0 saturated heterocycles. The standard InChI is InChI=1S/C26H22F3N5O2/c1-14(16-5-4-6-17(24(16)27)25(28)29)31-26-19-11-18(15-7-8-23(35)33(2)13-15)21(36-3)12-20(19)34-22(32-26)9-10-30-34/h4-14,25H,1-3H3,(H,31,32). The summed E-state index contributed by atoms with van der Waals surface area (Å²) in [6, 6.07) is 11.8. The Morgan fingerprint density at radius 1 is 1.08 bits per heavy atom. The van der Waals surface area contributed by atoms with E-state index in [0.29, 0.717) is 33.7 Å². The van der Waals surface area contributed by atoms with Crippen molar-refractivity contribution >= 4 is 22.4 Å². The number of nitrogens with one attached hydrogen (secondary N) is 1. The number of fused-ring (bicyclic) bond motifs is 3. The molecule has 1 atom stereocenters. The van der Waals surface area contributed by atoms with E-state index in [4.69, 9.17) is 4.74 Å². The van der Waals surface area contributed by atoms with Crippen LogP contribution >= 0.6 is 0 Å². The number of anilines is 1. The highest BCUT2D eigenvalue weighted by molar-refractivity contribution is 5.96. The van der Waals surface area contributed by atoms with Crippen LogP contribution in [0.2, 0.25) is 0 Å². The zero-order valence-corrected chi connectivity index (χ0v) is 19.7. The molecule has 0 aliphatic carbocycles. The third-order valence-electron chi connectivity index (χ3n) is 6.16. The van der Waals surface area contributed by atoms with Crippen LogP contribution in [0, 0.1) is 5.82 Å². The lowest BCUT2D eigenvalue weighted by Crippen LogP contribution is -2.14. The number of ether oxygens (including phenoxy) is 1.